The molecule has 4 aliphatic rings. The Morgan fingerprint density at radius 3 is 2.24 bits per heavy atom. The summed E-state index contributed by atoms with van der Waals surface area (Å²) in [4.78, 5) is 104. The van der Waals surface area contributed by atoms with Crippen molar-refractivity contribution in [2.45, 2.75) is 129 Å². The fraction of sp³-hybridized carbons (Fsp3) is 0.542. The van der Waals surface area contributed by atoms with Gasteiger partial charge >= 0.3 is 0 Å². The molecule has 4 aliphatic heterocycles. The van der Waals surface area contributed by atoms with Crippen LogP contribution in [0.25, 0.3) is 16.5 Å². The lowest BCUT2D eigenvalue weighted by Crippen LogP contribution is -2.57. The molecule has 4 saturated heterocycles. The number of nitrogens with zero attached hydrogens (tertiary/aromatic N) is 8. The average molecular weight is 1090 g/mol. The number of likely N-dealkylation sites (tertiary alicyclic amines) is 2. The highest BCUT2D eigenvalue weighted by Gasteiger charge is 2.44. The minimum absolute atomic E-state index is 0.0108. The molecule has 4 N–H and O–H groups in total. The number of hydrogen-bond donors (Lipinski definition) is 4. The number of anilines is 1. The number of amides is 6. The van der Waals surface area contributed by atoms with Crippen LogP contribution in [0.5, 0.6) is 0 Å². The van der Waals surface area contributed by atoms with Crippen LogP contribution in [0.3, 0.4) is 0 Å². The third-order valence-electron chi connectivity index (χ3n) is 15.8. The molecule has 418 valence electrons. The smallest absolute Gasteiger partial charge is 0.255 e. The Hall–Kier alpha value is -6.57. The SMILES string of the molecule is Cc1ncsc1-c1ccc(CNC(=O)[C@@H]2C[C@@H](O)CN2C(=O)[C@@H](NC(=O)CCCC(=O)N2CCN(C3CCN(c4ccc(C(=O)N5CCC(CCCCNC(=O)/C=C/c6cccnc6)CC5)cn4)CC3)CC2)C(C)(C)C)cc1. The van der Waals surface area contributed by atoms with Gasteiger partial charge in [0.1, 0.15) is 17.9 Å². The average Bonchev–Trinajstić information content (AvgIpc) is 4.09. The minimum atomic E-state index is -0.943. The zero-order valence-electron chi connectivity index (χ0n) is 45.9. The van der Waals surface area contributed by atoms with E-state index in [1.807, 2.05) is 91.5 Å². The summed E-state index contributed by atoms with van der Waals surface area (Å²) in [5.41, 5.74) is 5.54. The van der Waals surface area contributed by atoms with Crippen molar-refractivity contribution in [1.29, 1.82) is 0 Å². The number of pyridine rings is 2. The number of aryl methyl sites for hydroxylation is 1. The minimum Gasteiger partial charge on any atom is -0.391 e. The monoisotopic (exact) mass is 1090 g/mol. The normalized spacial score (nSPS) is 19.2. The predicted octanol–water partition coefficient (Wildman–Crippen LogP) is 5.85. The highest BCUT2D eigenvalue weighted by Crippen LogP contribution is 2.30. The number of nitrogens with one attached hydrogen (secondary N) is 3. The van der Waals surface area contributed by atoms with Crippen molar-refractivity contribution >= 4 is 58.7 Å². The van der Waals surface area contributed by atoms with Gasteiger partial charge in [-0.1, -0.05) is 63.9 Å². The number of rotatable bonds is 20. The van der Waals surface area contributed by atoms with Crippen LogP contribution in [-0.2, 0) is 30.5 Å². The first-order valence-corrected chi connectivity index (χ1v) is 28.9. The van der Waals surface area contributed by atoms with E-state index in [0.29, 0.717) is 43.6 Å². The van der Waals surface area contributed by atoms with Gasteiger partial charge in [0.15, 0.2) is 0 Å². The number of piperidine rings is 2. The van der Waals surface area contributed by atoms with Crippen molar-refractivity contribution in [3.8, 4) is 10.4 Å². The molecule has 8 rings (SSSR count). The van der Waals surface area contributed by atoms with E-state index in [1.54, 1.807) is 42.1 Å². The van der Waals surface area contributed by atoms with Gasteiger partial charge in [0.05, 0.1) is 27.7 Å². The maximum Gasteiger partial charge on any atom is 0.255 e. The first kappa shape index (κ1) is 57.6. The predicted molar refractivity (Wildman–Crippen MR) is 302 cm³/mol. The van der Waals surface area contributed by atoms with E-state index in [1.165, 1.54) is 4.90 Å². The lowest BCUT2D eigenvalue weighted by Gasteiger charge is -2.43. The van der Waals surface area contributed by atoms with Gasteiger partial charge in [-0.15, -0.1) is 11.3 Å². The second-order valence-electron chi connectivity index (χ2n) is 22.5. The van der Waals surface area contributed by atoms with Gasteiger partial charge in [0.2, 0.25) is 29.5 Å². The first-order valence-electron chi connectivity index (χ1n) is 28.0. The Morgan fingerprint density at radius 1 is 0.821 bits per heavy atom. The molecule has 3 aromatic heterocycles. The van der Waals surface area contributed by atoms with Crippen molar-refractivity contribution in [2.24, 2.45) is 11.3 Å². The number of piperazine rings is 1. The van der Waals surface area contributed by atoms with Gasteiger partial charge in [-0.3, -0.25) is 38.7 Å². The van der Waals surface area contributed by atoms with Crippen LogP contribution >= 0.6 is 11.3 Å². The molecule has 1 aromatic carbocycles. The number of β-amino-alcohol motifs (C(OH)–C–C–N with tert-alkyl or cyclic N) is 1. The quantitative estimate of drug-likeness (QED) is 0.0606. The molecule has 18 nitrogen and oxygen atoms in total. The molecule has 6 amide bonds. The summed E-state index contributed by atoms with van der Waals surface area (Å²) in [6.07, 6.45) is 15.3. The van der Waals surface area contributed by atoms with Gasteiger partial charge in [-0.05, 0) is 97.7 Å². The standard InChI is InChI=1S/C59H79N11O7S/c1-41-54(78-40-64-41)45-16-13-44(14-17-45)37-63-56(75)49-35-48(71)39-70(49)58(77)55(59(2,3)4)65-52(73)11-7-12-53(74)68-33-31-66(32-34-68)47-23-29-67(30-24-47)50-19-18-46(38-62-50)57(76)69-27-21-42(22-28-69)9-5-6-26-61-51(72)20-15-43-10-8-25-60-36-43/h8,10,13-20,25,36,38,40,42,47-49,55,71H,5-7,9,11-12,21-24,26-35,37,39H2,1-4H3,(H,61,72)(H,63,75)(H,65,73)/b20-15+/t48-,49+,55-/m1/s1. The maximum absolute atomic E-state index is 14.1. The number of benzene rings is 1. The summed E-state index contributed by atoms with van der Waals surface area (Å²) >= 11 is 1.57. The van der Waals surface area contributed by atoms with Crippen LogP contribution < -0.4 is 20.9 Å². The number of aliphatic hydroxyl groups is 1. The van der Waals surface area contributed by atoms with E-state index in [-0.39, 0.29) is 61.9 Å². The Labute approximate surface area is 463 Å². The fourth-order valence-electron chi connectivity index (χ4n) is 11.2. The summed E-state index contributed by atoms with van der Waals surface area (Å²) in [7, 11) is 0. The van der Waals surface area contributed by atoms with E-state index in [2.05, 4.69) is 35.7 Å². The van der Waals surface area contributed by atoms with Crippen LogP contribution in [0.15, 0.2) is 78.7 Å². The summed E-state index contributed by atoms with van der Waals surface area (Å²) in [6.45, 7) is 14.5. The number of thiazole rings is 1. The molecule has 0 radical (unpaired) electrons. The number of aliphatic hydroxyl groups excluding tert-OH is 1. The molecule has 0 unspecified atom stereocenters. The van der Waals surface area contributed by atoms with Crippen LogP contribution in [0, 0.1) is 18.3 Å². The molecule has 0 aliphatic carbocycles. The lowest BCUT2D eigenvalue weighted by molar-refractivity contribution is -0.144. The summed E-state index contributed by atoms with van der Waals surface area (Å²) < 4.78 is 0. The van der Waals surface area contributed by atoms with Crippen molar-refractivity contribution in [3.05, 3.63) is 101 Å². The Bertz CT molecular complexity index is 2670. The molecular weight excluding hydrogens is 1010 g/mol. The van der Waals surface area contributed by atoms with Gasteiger partial charge in [-0.25, -0.2) is 9.97 Å². The Morgan fingerprint density at radius 2 is 1.58 bits per heavy atom. The summed E-state index contributed by atoms with van der Waals surface area (Å²) in [5.74, 6) is 0.282. The van der Waals surface area contributed by atoms with Crippen LogP contribution in [-0.4, -0.2) is 165 Å². The molecule has 3 atom stereocenters. The maximum atomic E-state index is 14.1. The van der Waals surface area contributed by atoms with Crippen molar-refractivity contribution in [3.63, 3.8) is 0 Å². The molecule has 78 heavy (non-hydrogen) atoms. The van der Waals surface area contributed by atoms with Gasteiger partial charge in [-0.2, -0.15) is 0 Å². The first-order chi connectivity index (χ1) is 37.6. The van der Waals surface area contributed by atoms with Crippen LogP contribution in [0.1, 0.15) is 119 Å². The number of unbranched alkanes of at least 4 members (excludes halogenated alkanes) is 1. The number of aromatic nitrogens is 3. The molecule has 0 saturated carbocycles. The Kier molecular flexibility index (Phi) is 20.2. The third kappa shape index (κ3) is 15.8. The molecular formula is C59H79N11O7S. The summed E-state index contributed by atoms with van der Waals surface area (Å²) in [6, 6.07) is 14.1. The fourth-order valence-corrected chi connectivity index (χ4v) is 12.0. The zero-order chi connectivity index (χ0) is 55.2. The van der Waals surface area contributed by atoms with Crippen molar-refractivity contribution in [2.75, 3.05) is 70.3 Å². The molecule has 0 spiro atoms. The zero-order valence-corrected chi connectivity index (χ0v) is 46.7. The van der Waals surface area contributed by atoms with Gasteiger partial charge in [0.25, 0.3) is 5.91 Å². The molecule has 0 bridgehead atoms. The molecule has 4 aromatic rings. The molecule has 7 heterocycles. The van der Waals surface area contributed by atoms with Crippen molar-refractivity contribution in [1.82, 2.24) is 50.5 Å². The van der Waals surface area contributed by atoms with E-state index in [9.17, 15) is 33.9 Å². The van der Waals surface area contributed by atoms with E-state index >= 15 is 0 Å². The van der Waals surface area contributed by atoms with E-state index < -0.39 is 29.5 Å². The lowest BCUT2D eigenvalue weighted by atomic mass is 9.85. The van der Waals surface area contributed by atoms with Gasteiger partial charge < -0.3 is 40.7 Å². The second kappa shape index (κ2) is 27.3. The largest absolute Gasteiger partial charge is 0.391 e. The van der Waals surface area contributed by atoms with Gasteiger partial charge in [0, 0.05) is 122 Å². The third-order valence-corrected chi connectivity index (χ3v) is 16.8. The van der Waals surface area contributed by atoms with Crippen LogP contribution in [0.4, 0.5) is 5.82 Å². The van der Waals surface area contributed by atoms with Crippen molar-refractivity contribution < 1.29 is 33.9 Å². The number of carbonyl (C=O) groups is 6. The molecule has 4 fully saturated rings. The summed E-state index contributed by atoms with van der Waals surface area (Å²) in [5, 5.41) is 19.5. The topological polar surface area (TPSA) is 214 Å². The number of hydrogen-bond acceptors (Lipinski definition) is 13. The highest BCUT2D eigenvalue weighted by atomic mass is 32.1. The highest BCUT2D eigenvalue weighted by molar-refractivity contribution is 7.13. The van der Waals surface area contributed by atoms with E-state index in [0.717, 1.165) is 117 Å². The molecule has 19 heteroatoms. The Balaban J connectivity index is 0.690. The second-order valence-corrected chi connectivity index (χ2v) is 23.3. The number of carbonyl (C=O) groups excluding carboxylic acids is 6. The van der Waals surface area contributed by atoms with E-state index in [4.69, 9.17) is 4.98 Å². The van der Waals surface area contributed by atoms with Crippen LogP contribution in [0.2, 0.25) is 0 Å².